The Labute approximate surface area is 94.0 Å². The van der Waals surface area contributed by atoms with Gasteiger partial charge in [-0.2, -0.15) is 16.8 Å². The Morgan fingerprint density at radius 1 is 0.818 bits per heavy atom. The zero-order valence-electron chi connectivity index (χ0n) is 4.37. The van der Waals surface area contributed by atoms with Crippen LogP contribution in [0.25, 0.3) is 0 Å². The van der Waals surface area contributed by atoms with Crippen LogP contribution in [-0.2, 0) is 68.6 Å². The molecule has 0 amide bonds. The summed E-state index contributed by atoms with van der Waals surface area (Å²) in [6, 6.07) is 0. The first-order valence-electron chi connectivity index (χ1n) is 1.20. The molecule has 11 heteroatoms. The molecule has 0 unspecified atom stereocenters. The van der Waals surface area contributed by atoms with E-state index in [1.54, 1.807) is 0 Å². The van der Waals surface area contributed by atoms with Crippen LogP contribution in [0.3, 0.4) is 0 Å². The van der Waals surface area contributed by atoms with Crippen molar-refractivity contribution >= 4 is 18.3 Å². The summed E-state index contributed by atoms with van der Waals surface area (Å²) in [5, 5.41) is 0. The summed E-state index contributed by atoms with van der Waals surface area (Å²) in [6.45, 7) is 0. The zero-order chi connectivity index (χ0) is 7.00. The quantitative estimate of drug-likeness (QED) is 0.349. The van der Waals surface area contributed by atoms with Gasteiger partial charge in [0.05, 0.1) is 0 Å². The van der Waals surface area contributed by atoms with E-state index in [1.165, 1.54) is 0 Å². The molecule has 0 spiro atoms. The van der Waals surface area contributed by atoms with Gasteiger partial charge in [0.2, 0.25) is 0 Å². The van der Waals surface area contributed by atoms with E-state index in [4.69, 9.17) is 9.11 Å². The third kappa shape index (κ3) is 9.25. The third-order valence-corrected chi connectivity index (χ3v) is 2.40. The van der Waals surface area contributed by atoms with Gasteiger partial charge in [-0.1, -0.05) is 0 Å². The van der Waals surface area contributed by atoms with Crippen molar-refractivity contribution in [3.8, 4) is 0 Å². The molecule has 0 atom stereocenters. The Balaban J connectivity index is -0.0000000817. The minimum atomic E-state index is -5.31. The standard InChI is InChI=1S/Co.Mn.Ni.H2O6S2/c;;;1-7(2,3)8(4,5)6/h;;;(H,1,2,3)(H,4,5,6). The van der Waals surface area contributed by atoms with E-state index < -0.39 is 18.3 Å². The molecule has 11 heavy (non-hydrogen) atoms. The SMILES string of the molecule is O=S(=O)(O)S(=O)(=O)O.[Co].[Mn].[Ni]. The molecule has 6 nitrogen and oxygen atoms in total. The fourth-order valence-corrected chi connectivity index (χ4v) is 0. The van der Waals surface area contributed by atoms with E-state index in [0.29, 0.717) is 0 Å². The smallest absolute Gasteiger partial charge is 0.272 e. The maximum Gasteiger partial charge on any atom is 0.397 e. The summed E-state index contributed by atoms with van der Waals surface area (Å²) in [5.74, 6) is 0. The largest absolute Gasteiger partial charge is 0.397 e. The molecule has 0 heterocycles. The van der Waals surface area contributed by atoms with Crippen LogP contribution in [0.15, 0.2) is 0 Å². The number of hydrogen-bond acceptors (Lipinski definition) is 4. The van der Waals surface area contributed by atoms with Crippen LogP contribution < -0.4 is 0 Å². The normalized spacial score (nSPS) is 10.0. The van der Waals surface area contributed by atoms with Crippen molar-refractivity contribution in [1.82, 2.24) is 0 Å². The van der Waals surface area contributed by atoms with Gasteiger partial charge in [0.25, 0.3) is 0 Å². The Hall–Kier alpha value is 1.34. The van der Waals surface area contributed by atoms with Crippen LogP contribution in [0.1, 0.15) is 0 Å². The van der Waals surface area contributed by atoms with Gasteiger partial charge in [-0.05, 0) is 0 Å². The summed E-state index contributed by atoms with van der Waals surface area (Å²) in [4.78, 5) is 0. The maximum absolute atomic E-state index is 9.37. The molecule has 0 rings (SSSR count). The molecule has 2 radical (unpaired) electrons. The predicted molar refractivity (Wildman–Crippen MR) is 23.1 cm³/mol. The van der Waals surface area contributed by atoms with Crippen molar-refractivity contribution in [2.75, 3.05) is 0 Å². The summed E-state index contributed by atoms with van der Waals surface area (Å²) in [5.41, 5.74) is 0. The summed E-state index contributed by atoms with van der Waals surface area (Å²) >= 11 is 0. The van der Waals surface area contributed by atoms with E-state index in [0.717, 1.165) is 0 Å². The fourth-order valence-electron chi connectivity index (χ4n) is 0. The first-order chi connectivity index (χ1) is 3.25. The molecule has 0 saturated carbocycles. The Bertz CT molecular complexity index is 233. The van der Waals surface area contributed by atoms with Crippen LogP contribution >= 0.6 is 0 Å². The van der Waals surface area contributed by atoms with Gasteiger partial charge in [0.15, 0.2) is 0 Å². The van der Waals surface area contributed by atoms with Crippen molar-refractivity contribution in [2.45, 2.75) is 0 Å². The van der Waals surface area contributed by atoms with Crippen LogP contribution in [0.5, 0.6) is 0 Å². The van der Waals surface area contributed by atoms with E-state index >= 15 is 0 Å². The number of rotatable bonds is 1. The second-order valence-corrected chi connectivity index (χ2v) is 5.09. The second-order valence-electron chi connectivity index (χ2n) is 0.855. The van der Waals surface area contributed by atoms with Crippen LogP contribution in [0, 0.1) is 0 Å². The van der Waals surface area contributed by atoms with Gasteiger partial charge >= 0.3 is 18.3 Å². The molecule has 0 aliphatic rings. The minimum absolute atomic E-state index is 0. The molecular weight excluding hydrogens is 333 g/mol. The van der Waals surface area contributed by atoms with Gasteiger partial charge in [0.1, 0.15) is 0 Å². The molecule has 0 aliphatic carbocycles. The van der Waals surface area contributed by atoms with E-state index in [-0.39, 0.29) is 50.3 Å². The minimum Gasteiger partial charge on any atom is -0.272 e. The van der Waals surface area contributed by atoms with Crippen molar-refractivity contribution < 1.29 is 76.3 Å². The Morgan fingerprint density at radius 2 is 0.909 bits per heavy atom. The average Bonchev–Trinajstić information content (AvgIpc) is 1.25. The fraction of sp³-hybridized carbons (Fsp3) is 0. The van der Waals surface area contributed by atoms with Crippen LogP contribution in [0.4, 0.5) is 0 Å². The average molecular weight is 335 g/mol. The molecule has 0 fully saturated rings. The molecule has 0 aliphatic heterocycles. The molecule has 2 N–H and O–H groups in total. The summed E-state index contributed by atoms with van der Waals surface area (Å²) < 4.78 is 52.5. The third-order valence-electron chi connectivity index (χ3n) is 0.266. The van der Waals surface area contributed by atoms with Crippen molar-refractivity contribution in [1.29, 1.82) is 0 Å². The first-order valence-corrected chi connectivity index (χ1v) is 4.60. The molecule has 0 bridgehead atoms. The summed E-state index contributed by atoms with van der Waals surface area (Å²) in [6.07, 6.45) is 0. The van der Waals surface area contributed by atoms with Crippen molar-refractivity contribution in [3.05, 3.63) is 0 Å². The van der Waals surface area contributed by atoms with Crippen molar-refractivity contribution in [3.63, 3.8) is 0 Å². The van der Waals surface area contributed by atoms with E-state index in [1.807, 2.05) is 0 Å². The Morgan fingerprint density at radius 3 is 0.909 bits per heavy atom. The second kappa shape index (κ2) is 6.81. The summed E-state index contributed by atoms with van der Waals surface area (Å²) in [7, 11) is -10.6. The predicted octanol–water partition coefficient (Wildman–Crippen LogP) is -1.33. The van der Waals surface area contributed by atoms with E-state index in [2.05, 4.69) is 0 Å². The molecular formula is H2CoMnNiO6S2. The maximum atomic E-state index is 9.37. The monoisotopic (exact) mass is 334 g/mol. The van der Waals surface area contributed by atoms with Gasteiger partial charge in [0, 0.05) is 50.3 Å². The van der Waals surface area contributed by atoms with Crippen LogP contribution in [-0.4, -0.2) is 25.9 Å². The van der Waals surface area contributed by atoms with E-state index in [9.17, 15) is 16.8 Å². The topological polar surface area (TPSA) is 109 Å². The molecule has 76 valence electrons. The molecule has 0 aromatic carbocycles. The van der Waals surface area contributed by atoms with Crippen LogP contribution in [0.2, 0.25) is 0 Å². The molecule has 0 aromatic rings. The molecule has 0 aromatic heterocycles. The number of hydrogen-bond donors (Lipinski definition) is 2. The first kappa shape index (κ1) is 22.8. The van der Waals surface area contributed by atoms with Gasteiger partial charge in [-0.25, -0.2) is 0 Å². The zero-order valence-corrected chi connectivity index (χ0v) is 9.21. The Kier molecular flexibility index (Phi) is 14.1. The van der Waals surface area contributed by atoms with Gasteiger partial charge in [-0.15, -0.1) is 0 Å². The van der Waals surface area contributed by atoms with Gasteiger partial charge in [-0.3, -0.25) is 9.11 Å². The molecule has 0 saturated heterocycles. The van der Waals surface area contributed by atoms with Crippen molar-refractivity contribution in [2.24, 2.45) is 0 Å². The van der Waals surface area contributed by atoms with Gasteiger partial charge < -0.3 is 0 Å².